The third-order valence-electron chi connectivity index (χ3n) is 2.28. The molecule has 1 aromatic rings. The van der Waals surface area contributed by atoms with Crippen LogP contribution in [-0.2, 0) is 6.54 Å². The summed E-state index contributed by atoms with van der Waals surface area (Å²) in [6, 6.07) is 10.3. The summed E-state index contributed by atoms with van der Waals surface area (Å²) in [6.07, 6.45) is 9.79. The summed E-state index contributed by atoms with van der Waals surface area (Å²) < 4.78 is 0. The lowest BCUT2D eigenvalue weighted by molar-refractivity contribution is 0.454. The molecule has 0 spiro atoms. The van der Waals surface area contributed by atoms with Crippen molar-refractivity contribution in [2.24, 2.45) is 5.73 Å². The van der Waals surface area contributed by atoms with Gasteiger partial charge in [-0.2, -0.15) is 0 Å². The fourth-order valence-corrected chi connectivity index (χ4v) is 1.48. The van der Waals surface area contributed by atoms with Gasteiger partial charge in [-0.3, -0.25) is 0 Å². The summed E-state index contributed by atoms with van der Waals surface area (Å²) in [7, 11) is 0. The van der Waals surface area contributed by atoms with E-state index in [1.165, 1.54) is 5.56 Å². The molecule has 0 aliphatic carbocycles. The first-order valence-corrected chi connectivity index (χ1v) is 4.97. The van der Waals surface area contributed by atoms with Crippen LogP contribution in [0.15, 0.2) is 66.7 Å². The first-order chi connectivity index (χ1) is 7.36. The highest BCUT2D eigenvalue weighted by molar-refractivity contribution is 5.22. The van der Waals surface area contributed by atoms with E-state index in [1.54, 1.807) is 0 Å². The van der Waals surface area contributed by atoms with E-state index in [2.05, 4.69) is 12.1 Å². The Bertz CT molecular complexity index is 402. The molecule has 2 nitrogen and oxygen atoms in total. The van der Waals surface area contributed by atoms with Gasteiger partial charge in [0.1, 0.15) is 5.82 Å². The number of rotatable bonds is 2. The van der Waals surface area contributed by atoms with Crippen molar-refractivity contribution >= 4 is 0 Å². The molecule has 0 unspecified atom stereocenters. The van der Waals surface area contributed by atoms with Crippen LogP contribution < -0.4 is 5.73 Å². The fourth-order valence-electron chi connectivity index (χ4n) is 1.48. The van der Waals surface area contributed by atoms with Crippen molar-refractivity contribution in [1.29, 1.82) is 0 Å². The molecular formula is C13H14N2. The van der Waals surface area contributed by atoms with Crippen LogP contribution in [0.25, 0.3) is 0 Å². The van der Waals surface area contributed by atoms with Crippen LogP contribution in [0.2, 0.25) is 0 Å². The second-order valence-corrected chi connectivity index (χ2v) is 3.43. The van der Waals surface area contributed by atoms with Gasteiger partial charge in [0.2, 0.25) is 0 Å². The van der Waals surface area contributed by atoms with Gasteiger partial charge in [0, 0.05) is 12.7 Å². The molecule has 1 heterocycles. The zero-order chi connectivity index (χ0) is 10.5. The van der Waals surface area contributed by atoms with Crippen LogP contribution in [0.4, 0.5) is 0 Å². The lowest BCUT2D eigenvalue weighted by Gasteiger charge is -2.19. The zero-order valence-electron chi connectivity index (χ0n) is 8.51. The van der Waals surface area contributed by atoms with E-state index in [9.17, 15) is 0 Å². The molecule has 0 bridgehead atoms. The first-order valence-electron chi connectivity index (χ1n) is 4.97. The monoisotopic (exact) mass is 198 g/mol. The maximum absolute atomic E-state index is 5.91. The highest BCUT2D eigenvalue weighted by Gasteiger charge is 2.03. The Morgan fingerprint density at radius 2 is 1.80 bits per heavy atom. The predicted molar refractivity (Wildman–Crippen MR) is 62.5 cm³/mol. The van der Waals surface area contributed by atoms with Gasteiger partial charge < -0.3 is 10.6 Å². The molecule has 1 aromatic carbocycles. The van der Waals surface area contributed by atoms with Crippen molar-refractivity contribution in [2.75, 3.05) is 0 Å². The second-order valence-electron chi connectivity index (χ2n) is 3.43. The van der Waals surface area contributed by atoms with Crippen LogP contribution >= 0.6 is 0 Å². The Hall–Kier alpha value is -1.96. The van der Waals surface area contributed by atoms with E-state index in [0.717, 1.165) is 12.4 Å². The molecule has 1 aliphatic heterocycles. The van der Waals surface area contributed by atoms with Crippen molar-refractivity contribution in [2.45, 2.75) is 6.54 Å². The van der Waals surface area contributed by atoms with Crippen LogP contribution in [0.3, 0.4) is 0 Å². The van der Waals surface area contributed by atoms with Crippen molar-refractivity contribution in [1.82, 2.24) is 4.90 Å². The normalized spacial score (nSPS) is 14.9. The molecule has 0 saturated heterocycles. The highest BCUT2D eigenvalue weighted by atomic mass is 15.2. The standard InChI is InChI=1S/C13H14N2/c14-13-9-5-2-6-10-15(13)11-12-7-3-1-4-8-12/h1-10H,11,14H2. The number of allylic oxidation sites excluding steroid dienone is 4. The summed E-state index contributed by atoms with van der Waals surface area (Å²) >= 11 is 0. The molecule has 0 radical (unpaired) electrons. The maximum atomic E-state index is 5.91. The molecule has 2 N–H and O–H groups in total. The van der Waals surface area contributed by atoms with Gasteiger partial charge in [-0.25, -0.2) is 0 Å². The largest absolute Gasteiger partial charge is 0.385 e. The molecule has 2 heteroatoms. The summed E-state index contributed by atoms with van der Waals surface area (Å²) in [5.41, 5.74) is 7.16. The molecule has 0 atom stereocenters. The molecule has 0 aromatic heterocycles. The molecule has 76 valence electrons. The molecule has 2 rings (SSSR count). The first kappa shape index (κ1) is 9.59. The maximum Gasteiger partial charge on any atom is 0.103 e. The number of benzene rings is 1. The van der Waals surface area contributed by atoms with Gasteiger partial charge in [0.25, 0.3) is 0 Å². The van der Waals surface area contributed by atoms with Crippen molar-refractivity contribution < 1.29 is 0 Å². The van der Waals surface area contributed by atoms with Gasteiger partial charge in [0.15, 0.2) is 0 Å². The quantitative estimate of drug-likeness (QED) is 0.790. The van der Waals surface area contributed by atoms with E-state index in [4.69, 9.17) is 5.73 Å². The number of hydrogen-bond donors (Lipinski definition) is 1. The van der Waals surface area contributed by atoms with E-state index in [1.807, 2.05) is 53.6 Å². The molecule has 15 heavy (non-hydrogen) atoms. The minimum atomic E-state index is 0.767. The van der Waals surface area contributed by atoms with Crippen molar-refractivity contribution in [3.05, 3.63) is 72.2 Å². The van der Waals surface area contributed by atoms with Crippen molar-refractivity contribution in [3.63, 3.8) is 0 Å². The Balaban J connectivity index is 2.12. The van der Waals surface area contributed by atoms with Crippen LogP contribution in [0, 0.1) is 0 Å². The highest BCUT2D eigenvalue weighted by Crippen LogP contribution is 2.10. The minimum absolute atomic E-state index is 0.767. The van der Waals surface area contributed by atoms with Gasteiger partial charge in [0.05, 0.1) is 0 Å². The smallest absolute Gasteiger partial charge is 0.103 e. The molecule has 1 aliphatic rings. The molecular weight excluding hydrogens is 184 g/mol. The minimum Gasteiger partial charge on any atom is -0.385 e. The lowest BCUT2D eigenvalue weighted by Crippen LogP contribution is -2.21. The Morgan fingerprint density at radius 3 is 2.60 bits per heavy atom. The SMILES string of the molecule is NC1=CC=CC=CN1Cc1ccccc1. The Morgan fingerprint density at radius 1 is 1.00 bits per heavy atom. The van der Waals surface area contributed by atoms with Gasteiger partial charge in [-0.1, -0.05) is 42.5 Å². The van der Waals surface area contributed by atoms with Crippen molar-refractivity contribution in [3.8, 4) is 0 Å². The Labute approximate surface area is 90.0 Å². The van der Waals surface area contributed by atoms with E-state index >= 15 is 0 Å². The number of nitrogens with zero attached hydrogens (tertiary/aromatic N) is 1. The summed E-state index contributed by atoms with van der Waals surface area (Å²) in [6.45, 7) is 0.807. The molecule has 0 saturated carbocycles. The predicted octanol–water partition coefficient (Wildman–Crippen LogP) is 2.37. The average Bonchev–Trinajstić information content (AvgIpc) is 2.46. The van der Waals surface area contributed by atoms with E-state index < -0.39 is 0 Å². The number of hydrogen-bond acceptors (Lipinski definition) is 2. The van der Waals surface area contributed by atoms with Gasteiger partial charge in [-0.05, 0) is 17.7 Å². The summed E-state index contributed by atoms with van der Waals surface area (Å²) in [4.78, 5) is 2.02. The topological polar surface area (TPSA) is 29.3 Å². The summed E-state index contributed by atoms with van der Waals surface area (Å²) in [5, 5.41) is 0. The molecule has 0 amide bonds. The van der Waals surface area contributed by atoms with E-state index in [-0.39, 0.29) is 0 Å². The van der Waals surface area contributed by atoms with Gasteiger partial charge >= 0.3 is 0 Å². The van der Waals surface area contributed by atoms with E-state index in [0.29, 0.717) is 0 Å². The van der Waals surface area contributed by atoms with Crippen LogP contribution in [0.1, 0.15) is 5.56 Å². The lowest BCUT2D eigenvalue weighted by atomic mass is 10.2. The Kier molecular flexibility index (Phi) is 2.88. The summed E-state index contributed by atoms with van der Waals surface area (Å²) in [5.74, 6) is 0.767. The third-order valence-corrected chi connectivity index (χ3v) is 2.28. The van der Waals surface area contributed by atoms with Crippen LogP contribution in [0.5, 0.6) is 0 Å². The average molecular weight is 198 g/mol. The zero-order valence-corrected chi connectivity index (χ0v) is 8.51. The second kappa shape index (κ2) is 4.51. The molecule has 0 fully saturated rings. The fraction of sp³-hybridized carbons (Fsp3) is 0.0769. The number of nitrogens with two attached hydrogens (primary N) is 1. The van der Waals surface area contributed by atoms with Gasteiger partial charge in [-0.15, -0.1) is 0 Å². The van der Waals surface area contributed by atoms with Crippen LogP contribution in [-0.4, -0.2) is 4.90 Å². The third kappa shape index (κ3) is 2.50.